The third-order valence-electron chi connectivity index (χ3n) is 5.10. The maximum atomic E-state index is 12.4. The van der Waals surface area contributed by atoms with Gasteiger partial charge in [-0.25, -0.2) is 0 Å². The summed E-state index contributed by atoms with van der Waals surface area (Å²) < 4.78 is 0. The van der Waals surface area contributed by atoms with Crippen LogP contribution in [-0.4, -0.2) is 28.1 Å². The summed E-state index contributed by atoms with van der Waals surface area (Å²) in [5.41, 5.74) is 6.66. The van der Waals surface area contributed by atoms with Crippen LogP contribution in [0.4, 0.5) is 0 Å². The summed E-state index contributed by atoms with van der Waals surface area (Å²) in [7, 11) is 0. The van der Waals surface area contributed by atoms with Gasteiger partial charge >= 0.3 is 0 Å². The third-order valence-corrected chi connectivity index (χ3v) is 6.36. The molecule has 26 heavy (non-hydrogen) atoms. The number of nitrogens with zero attached hydrogens (tertiary/aromatic N) is 2. The Morgan fingerprint density at radius 3 is 2.50 bits per heavy atom. The van der Waals surface area contributed by atoms with Crippen molar-refractivity contribution in [2.45, 2.75) is 51.8 Å². The third kappa shape index (κ3) is 3.96. The smallest absolute Gasteiger partial charge is 0.233 e. The number of aromatic nitrogens is 1. The molecule has 1 aliphatic heterocycles. The number of pyridine rings is 1. The van der Waals surface area contributed by atoms with Crippen molar-refractivity contribution in [1.29, 1.82) is 0 Å². The molecule has 4 heteroatoms. The fourth-order valence-electron chi connectivity index (χ4n) is 3.55. The molecule has 1 aliphatic rings. The highest BCUT2D eigenvalue weighted by Gasteiger charge is 2.32. The number of carbonyl (C=O) groups is 1. The van der Waals surface area contributed by atoms with E-state index in [9.17, 15) is 4.79 Å². The fraction of sp³-hybridized carbons (Fsp3) is 0.455. The molecule has 0 radical (unpaired) electrons. The summed E-state index contributed by atoms with van der Waals surface area (Å²) in [6.45, 7) is 11.9. The first-order chi connectivity index (χ1) is 12.3. The van der Waals surface area contributed by atoms with Gasteiger partial charge in [-0.1, -0.05) is 39.0 Å². The van der Waals surface area contributed by atoms with E-state index in [2.05, 4.69) is 57.8 Å². The van der Waals surface area contributed by atoms with Crippen LogP contribution in [0.2, 0.25) is 0 Å². The van der Waals surface area contributed by atoms with Gasteiger partial charge in [-0.3, -0.25) is 9.78 Å². The van der Waals surface area contributed by atoms with Crippen LogP contribution in [0.5, 0.6) is 0 Å². The first kappa shape index (κ1) is 19.0. The quantitative estimate of drug-likeness (QED) is 0.776. The number of thioether (sulfide) groups is 1. The molecule has 1 atom stereocenters. The van der Waals surface area contributed by atoms with Crippen LogP contribution in [0.1, 0.15) is 54.0 Å². The second-order valence-corrected chi connectivity index (χ2v) is 9.19. The van der Waals surface area contributed by atoms with Crippen LogP contribution >= 0.6 is 11.8 Å². The Balaban J connectivity index is 1.78. The lowest BCUT2D eigenvalue weighted by Crippen LogP contribution is -2.30. The maximum Gasteiger partial charge on any atom is 0.233 e. The zero-order valence-electron chi connectivity index (χ0n) is 16.4. The summed E-state index contributed by atoms with van der Waals surface area (Å²) in [5, 5.41) is 0.0886. The SMILES string of the molecule is Cc1cc(C(C)(C)C)cc(C)c1CCN1C(=O)CS[C@H]1c1cccnc1. The molecule has 1 aromatic heterocycles. The molecule has 0 saturated carbocycles. The van der Waals surface area contributed by atoms with Gasteiger partial charge in [-0.2, -0.15) is 0 Å². The molecule has 1 saturated heterocycles. The van der Waals surface area contributed by atoms with E-state index in [0.29, 0.717) is 5.75 Å². The minimum atomic E-state index is 0.0886. The van der Waals surface area contributed by atoms with Gasteiger partial charge in [0.25, 0.3) is 0 Å². The van der Waals surface area contributed by atoms with Gasteiger partial charge in [0.1, 0.15) is 5.37 Å². The first-order valence-corrected chi connectivity index (χ1v) is 10.2. The fourth-order valence-corrected chi connectivity index (χ4v) is 4.75. The zero-order valence-corrected chi connectivity index (χ0v) is 17.2. The second kappa shape index (κ2) is 7.43. The van der Waals surface area contributed by atoms with Gasteiger partial charge < -0.3 is 4.90 Å². The Hall–Kier alpha value is -1.81. The molecule has 2 heterocycles. The Kier molecular flexibility index (Phi) is 5.42. The molecule has 0 aliphatic carbocycles. The Bertz CT molecular complexity index is 773. The lowest BCUT2D eigenvalue weighted by molar-refractivity contribution is -0.128. The number of carbonyl (C=O) groups excluding carboxylic acids is 1. The number of amides is 1. The Morgan fingerprint density at radius 1 is 1.23 bits per heavy atom. The number of benzene rings is 1. The Labute approximate surface area is 161 Å². The van der Waals surface area contributed by atoms with Crippen molar-refractivity contribution < 1.29 is 4.79 Å². The van der Waals surface area contributed by atoms with Crippen LogP contribution in [-0.2, 0) is 16.6 Å². The lowest BCUT2D eigenvalue weighted by Gasteiger charge is -2.26. The van der Waals surface area contributed by atoms with Gasteiger partial charge in [-0.15, -0.1) is 11.8 Å². The topological polar surface area (TPSA) is 33.2 Å². The van der Waals surface area contributed by atoms with E-state index in [1.807, 2.05) is 17.2 Å². The van der Waals surface area contributed by atoms with Crippen LogP contribution in [0, 0.1) is 13.8 Å². The molecule has 2 aromatic rings. The molecular formula is C22H28N2OS. The summed E-state index contributed by atoms with van der Waals surface area (Å²) >= 11 is 1.70. The number of hydrogen-bond donors (Lipinski definition) is 0. The van der Waals surface area contributed by atoms with E-state index in [1.54, 1.807) is 18.0 Å². The molecule has 0 N–H and O–H groups in total. The molecule has 0 spiro atoms. The van der Waals surface area contributed by atoms with E-state index in [4.69, 9.17) is 0 Å². The maximum absolute atomic E-state index is 12.4. The van der Waals surface area contributed by atoms with E-state index in [1.165, 1.54) is 22.3 Å². The monoisotopic (exact) mass is 368 g/mol. The average molecular weight is 369 g/mol. The standard InChI is InChI=1S/C22H28N2OS/c1-15-11-18(22(3,4)5)12-16(2)19(15)8-10-24-20(25)14-26-21(24)17-7-6-9-23-13-17/h6-7,9,11-13,21H,8,10,14H2,1-5H3/t21-/m0/s1. The van der Waals surface area contributed by atoms with E-state index in [0.717, 1.165) is 18.5 Å². The highest BCUT2D eigenvalue weighted by molar-refractivity contribution is 8.00. The molecule has 138 valence electrons. The van der Waals surface area contributed by atoms with Gasteiger partial charge in [0.15, 0.2) is 0 Å². The summed E-state index contributed by atoms with van der Waals surface area (Å²) in [6.07, 6.45) is 4.54. The molecule has 3 rings (SSSR count). The van der Waals surface area contributed by atoms with Crippen LogP contribution < -0.4 is 0 Å². The summed E-state index contributed by atoms with van der Waals surface area (Å²) in [4.78, 5) is 18.6. The van der Waals surface area contributed by atoms with Gasteiger partial charge in [0, 0.05) is 24.5 Å². The molecule has 0 bridgehead atoms. The molecule has 1 fully saturated rings. The van der Waals surface area contributed by atoms with Crippen molar-refractivity contribution in [3.63, 3.8) is 0 Å². The van der Waals surface area contributed by atoms with Crippen molar-refractivity contribution in [3.05, 3.63) is 64.5 Å². The van der Waals surface area contributed by atoms with Gasteiger partial charge in [0.05, 0.1) is 5.75 Å². The number of rotatable bonds is 4. The van der Waals surface area contributed by atoms with Crippen LogP contribution in [0.25, 0.3) is 0 Å². The van der Waals surface area contributed by atoms with E-state index in [-0.39, 0.29) is 16.7 Å². The second-order valence-electron chi connectivity index (χ2n) is 8.13. The van der Waals surface area contributed by atoms with E-state index >= 15 is 0 Å². The average Bonchev–Trinajstić information content (AvgIpc) is 2.95. The van der Waals surface area contributed by atoms with Crippen molar-refractivity contribution in [3.8, 4) is 0 Å². The lowest BCUT2D eigenvalue weighted by atomic mass is 9.83. The normalized spacial score (nSPS) is 17.8. The van der Waals surface area contributed by atoms with Crippen LogP contribution in [0.3, 0.4) is 0 Å². The Morgan fingerprint density at radius 2 is 1.92 bits per heavy atom. The number of aryl methyl sites for hydroxylation is 2. The van der Waals surface area contributed by atoms with Crippen molar-refractivity contribution in [1.82, 2.24) is 9.88 Å². The largest absolute Gasteiger partial charge is 0.325 e. The minimum absolute atomic E-state index is 0.0886. The molecule has 3 nitrogen and oxygen atoms in total. The summed E-state index contributed by atoms with van der Waals surface area (Å²) in [5.74, 6) is 0.783. The van der Waals surface area contributed by atoms with Crippen molar-refractivity contribution in [2.24, 2.45) is 0 Å². The van der Waals surface area contributed by atoms with Gasteiger partial charge in [-0.05, 0) is 54.0 Å². The molecule has 1 amide bonds. The zero-order chi connectivity index (χ0) is 18.9. The first-order valence-electron chi connectivity index (χ1n) is 9.19. The predicted octanol–water partition coefficient (Wildman–Crippen LogP) is 4.81. The van der Waals surface area contributed by atoms with Crippen LogP contribution in [0.15, 0.2) is 36.7 Å². The van der Waals surface area contributed by atoms with Gasteiger partial charge in [0.2, 0.25) is 5.91 Å². The van der Waals surface area contributed by atoms with Crippen molar-refractivity contribution in [2.75, 3.05) is 12.3 Å². The summed E-state index contributed by atoms with van der Waals surface area (Å²) in [6, 6.07) is 8.62. The minimum Gasteiger partial charge on any atom is -0.325 e. The highest BCUT2D eigenvalue weighted by Crippen LogP contribution is 2.38. The molecule has 1 aromatic carbocycles. The number of hydrogen-bond acceptors (Lipinski definition) is 3. The van der Waals surface area contributed by atoms with Crippen molar-refractivity contribution >= 4 is 17.7 Å². The highest BCUT2D eigenvalue weighted by atomic mass is 32.2. The predicted molar refractivity (Wildman–Crippen MR) is 109 cm³/mol. The molecule has 0 unspecified atom stereocenters. The molecular weight excluding hydrogens is 340 g/mol. The van der Waals surface area contributed by atoms with E-state index < -0.39 is 0 Å².